The van der Waals surface area contributed by atoms with Crippen LogP contribution in [0, 0.1) is 6.92 Å². The van der Waals surface area contributed by atoms with Crippen molar-refractivity contribution in [2.45, 2.75) is 24.4 Å². The van der Waals surface area contributed by atoms with E-state index in [-0.39, 0.29) is 0 Å². The molecule has 2 rings (SSSR count). The van der Waals surface area contributed by atoms with Crippen molar-refractivity contribution in [1.82, 2.24) is 9.97 Å². The zero-order chi connectivity index (χ0) is 13.7. The van der Waals surface area contributed by atoms with Gasteiger partial charge in [0.2, 0.25) is 0 Å². The number of nitrogens with two attached hydrogens (primary N) is 1. The van der Waals surface area contributed by atoms with Crippen molar-refractivity contribution in [3.8, 4) is 5.75 Å². The molecule has 1 aromatic carbocycles. The fourth-order valence-electron chi connectivity index (χ4n) is 1.69. The molecule has 0 atom stereocenters. The van der Waals surface area contributed by atoms with E-state index in [9.17, 15) is 0 Å². The first-order chi connectivity index (χ1) is 9.22. The zero-order valence-electron chi connectivity index (χ0n) is 11.1. The van der Waals surface area contributed by atoms with E-state index in [0.717, 1.165) is 27.9 Å². The van der Waals surface area contributed by atoms with Crippen LogP contribution >= 0.6 is 11.8 Å². The molecule has 0 aliphatic carbocycles. The molecule has 1 aromatic heterocycles. The average Bonchev–Trinajstić information content (AvgIpc) is 2.45. The lowest BCUT2D eigenvalue weighted by Crippen LogP contribution is -2.00. The second-order valence-electron chi connectivity index (χ2n) is 4.12. The third-order valence-electron chi connectivity index (χ3n) is 2.71. The molecule has 0 fully saturated rings. The highest BCUT2D eigenvalue weighted by Crippen LogP contribution is 2.24. The lowest BCUT2D eigenvalue weighted by Gasteiger charge is -2.09. The summed E-state index contributed by atoms with van der Waals surface area (Å²) in [4.78, 5) is 8.60. The summed E-state index contributed by atoms with van der Waals surface area (Å²) in [5.41, 5.74) is 8.82. The first-order valence-corrected chi connectivity index (χ1v) is 7.00. The maximum absolute atomic E-state index is 5.65. The van der Waals surface area contributed by atoms with Crippen molar-refractivity contribution in [1.29, 1.82) is 0 Å². The molecule has 19 heavy (non-hydrogen) atoms. The van der Waals surface area contributed by atoms with Crippen molar-refractivity contribution in [3.05, 3.63) is 47.3 Å². The Bertz CT molecular complexity index is 560. The molecule has 2 aromatic rings. The van der Waals surface area contributed by atoms with Gasteiger partial charge < -0.3 is 10.5 Å². The predicted octanol–water partition coefficient (Wildman–Crippen LogP) is 2.54. The van der Waals surface area contributed by atoms with Crippen LogP contribution in [0.3, 0.4) is 0 Å². The van der Waals surface area contributed by atoms with Crippen LogP contribution in [0.1, 0.15) is 16.8 Å². The first-order valence-electron chi connectivity index (χ1n) is 6.01. The van der Waals surface area contributed by atoms with E-state index in [4.69, 9.17) is 10.5 Å². The Balaban J connectivity index is 2.07. The van der Waals surface area contributed by atoms with E-state index in [0.29, 0.717) is 6.54 Å². The molecule has 0 amide bonds. The number of aromatic nitrogens is 2. The third kappa shape index (κ3) is 3.68. The lowest BCUT2D eigenvalue weighted by atomic mass is 10.1. The first kappa shape index (κ1) is 13.8. The van der Waals surface area contributed by atoms with Crippen LogP contribution in [0.4, 0.5) is 0 Å². The number of nitrogens with zero attached hydrogens (tertiary/aromatic N) is 2. The van der Waals surface area contributed by atoms with Crippen LogP contribution in [0.15, 0.2) is 35.6 Å². The topological polar surface area (TPSA) is 61.0 Å². The number of hydrogen-bond donors (Lipinski definition) is 1. The Morgan fingerprint density at radius 2 is 2.16 bits per heavy atom. The molecule has 1 heterocycles. The summed E-state index contributed by atoms with van der Waals surface area (Å²) >= 11 is 1.61. The molecule has 0 aliphatic rings. The number of hydrogen-bond acceptors (Lipinski definition) is 5. The summed E-state index contributed by atoms with van der Waals surface area (Å²) in [6.45, 7) is 2.45. The number of aryl methyl sites for hydroxylation is 1. The summed E-state index contributed by atoms with van der Waals surface area (Å²) in [6.07, 6.45) is 1.78. The largest absolute Gasteiger partial charge is 0.496 e. The van der Waals surface area contributed by atoms with Crippen LogP contribution in [0.25, 0.3) is 0 Å². The van der Waals surface area contributed by atoms with E-state index in [2.05, 4.69) is 16.0 Å². The molecule has 0 radical (unpaired) electrons. The molecule has 0 unspecified atom stereocenters. The van der Waals surface area contributed by atoms with Gasteiger partial charge in [0.05, 0.1) is 7.11 Å². The number of methoxy groups -OCH3 is 1. The van der Waals surface area contributed by atoms with Crippen LogP contribution in [-0.4, -0.2) is 17.1 Å². The Kier molecular flexibility index (Phi) is 4.76. The van der Waals surface area contributed by atoms with Crippen LogP contribution in [-0.2, 0) is 12.3 Å². The highest BCUT2D eigenvalue weighted by atomic mass is 32.2. The third-order valence-corrected chi connectivity index (χ3v) is 3.64. The molecule has 0 saturated carbocycles. The molecular formula is C14H17N3OS. The molecule has 0 saturated heterocycles. The maximum atomic E-state index is 5.65. The second-order valence-corrected chi connectivity index (χ2v) is 5.06. The molecule has 0 spiro atoms. The Morgan fingerprint density at radius 3 is 2.84 bits per heavy atom. The monoisotopic (exact) mass is 275 g/mol. The van der Waals surface area contributed by atoms with Gasteiger partial charge in [0.25, 0.3) is 0 Å². The SMILES string of the molecule is COc1cc(CSc2nccc(C)n2)ccc1CN. The normalized spacial score (nSPS) is 10.5. The van der Waals surface area contributed by atoms with Crippen LogP contribution in [0.5, 0.6) is 5.75 Å². The van der Waals surface area contributed by atoms with Crippen molar-refractivity contribution >= 4 is 11.8 Å². The fourth-order valence-corrected chi connectivity index (χ4v) is 2.51. The molecular weight excluding hydrogens is 258 g/mol. The molecule has 5 heteroatoms. The molecule has 2 N–H and O–H groups in total. The Morgan fingerprint density at radius 1 is 1.32 bits per heavy atom. The predicted molar refractivity (Wildman–Crippen MR) is 77.2 cm³/mol. The summed E-state index contributed by atoms with van der Waals surface area (Å²) in [6, 6.07) is 7.98. The smallest absolute Gasteiger partial charge is 0.188 e. The molecule has 0 bridgehead atoms. The van der Waals surface area contributed by atoms with E-state index >= 15 is 0 Å². The Labute approximate surface area is 117 Å². The van der Waals surface area contributed by atoms with Gasteiger partial charge in [0.15, 0.2) is 5.16 Å². The summed E-state index contributed by atoms with van der Waals surface area (Å²) < 4.78 is 5.33. The van der Waals surface area contributed by atoms with Gasteiger partial charge in [-0.1, -0.05) is 23.9 Å². The van der Waals surface area contributed by atoms with Gasteiger partial charge in [-0.25, -0.2) is 9.97 Å². The number of benzene rings is 1. The number of rotatable bonds is 5. The minimum absolute atomic E-state index is 0.484. The van der Waals surface area contributed by atoms with E-state index in [1.165, 1.54) is 5.56 Å². The number of thioether (sulfide) groups is 1. The standard InChI is InChI=1S/C14H17N3OS/c1-10-5-6-16-14(17-10)19-9-11-3-4-12(8-15)13(7-11)18-2/h3-7H,8-9,15H2,1-2H3. The molecule has 0 aliphatic heterocycles. The second kappa shape index (κ2) is 6.54. The van der Waals surface area contributed by atoms with Gasteiger partial charge in [-0.2, -0.15) is 0 Å². The summed E-state index contributed by atoms with van der Waals surface area (Å²) in [5.74, 6) is 1.65. The average molecular weight is 275 g/mol. The van der Waals surface area contributed by atoms with Gasteiger partial charge in [-0.05, 0) is 24.6 Å². The highest BCUT2D eigenvalue weighted by Gasteiger charge is 2.04. The summed E-state index contributed by atoms with van der Waals surface area (Å²) in [5, 5.41) is 0.793. The van der Waals surface area contributed by atoms with Gasteiger partial charge >= 0.3 is 0 Å². The van der Waals surface area contributed by atoms with Crippen molar-refractivity contribution in [2.24, 2.45) is 5.73 Å². The van der Waals surface area contributed by atoms with Crippen LogP contribution < -0.4 is 10.5 Å². The van der Waals surface area contributed by atoms with E-state index in [1.54, 1.807) is 25.1 Å². The minimum Gasteiger partial charge on any atom is -0.496 e. The van der Waals surface area contributed by atoms with Gasteiger partial charge in [-0.15, -0.1) is 0 Å². The number of ether oxygens (including phenoxy) is 1. The minimum atomic E-state index is 0.484. The molecule has 100 valence electrons. The van der Waals surface area contributed by atoms with Crippen molar-refractivity contribution < 1.29 is 4.74 Å². The Hall–Kier alpha value is -1.59. The fraction of sp³-hybridized carbons (Fsp3) is 0.286. The zero-order valence-corrected chi connectivity index (χ0v) is 11.9. The quantitative estimate of drug-likeness (QED) is 0.671. The molecule has 4 nitrogen and oxygen atoms in total. The van der Waals surface area contributed by atoms with E-state index in [1.807, 2.05) is 25.1 Å². The van der Waals surface area contributed by atoms with Crippen molar-refractivity contribution in [3.63, 3.8) is 0 Å². The van der Waals surface area contributed by atoms with E-state index < -0.39 is 0 Å². The van der Waals surface area contributed by atoms with Gasteiger partial charge in [-0.3, -0.25) is 0 Å². The van der Waals surface area contributed by atoms with Crippen molar-refractivity contribution in [2.75, 3.05) is 7.11 Å². The van der Waals surface area contributed by atoms with Gasteiger partial charge in [0, 0.05) is 29.8 Å². The lowest BCUT2D eigenvalue weighted by molar-refractivity contribution is 0.409. The summed E-state index contributed by atoms with van der Waals surface area (Å²) in [7, 11) is 1.66. The van der Waals surface area contributed by atoms with Gasteiger partial charge in [0.1, 0.15) is 5.75 Å². The highest BCUT2D eigenvalue weighted by molar-refractivity contribution is 7.98. The maximum Gasteiger partial charge on any atom is 0.188 e. The van der Waals surface area contributed by atoms with Crippen LogP contribution in [0.2, 0.25) is 0 Å².